The number of aliphatic hydroxyl groups is 1. The summed E-state index contributed by atoms with van der Waals surface area (Å²) < 4.78 is 15.0. The molecule has 0 saturated carbocycles. The van der Waals surface area contributed by atoms with Crippen LogP contribution in [0, 0.1) is 5.82 Å². The van der Waals surface area contributed by atoms with Crippen molar-refractivity contribution in [2.75, 3.05) is 18.5 Å². The minimum atomic E-state index is -0.611. The summed E-state index contributed by atoms with van der Waals surface area (Å²) in [6, 6.07) is 8.54. The predicted octanol–water partition coefficient (Wildman–Crippen LogP) is 3.27. The number of carbonyl (C=O) groups is 2. The first-order valence-corrected chi connectivity index (χ1v) is 11.6. The minimum absolute atomic E-state index is 0.0491. The molecule has 0 spiro atoms. The molecule has 36 heavy (non-hydrogen) atoms. The number of phenols is 1. The van der Waals surface area contributed by atoms with E-state index >= 15 is 4.39 Å². The fourth-order valence-corrected chi connectivity index (χ4v) is 4.13. The van der Waals surface area contributed by atoms with Gasteiger partial charge in [-0.2, -0.15) is 0 Å². The second kappa shape index (κ2) is 10.5. The van der Waals surface area contributed by atoms with Gasteiger partial charge < -0.3 is 25.7 Å². The van der Waals surface area contributed by atoms with Gasteiger partial charge in [0.25, 0.3) is 5.91 Å². The number of carbonyl (C=O) groups excluding carboxylic acids is 2. The Balaban J connectivity index is 1.51. The number of halogens is 2. The van der Waals surface area contributed by atoms with Gasteiger partial charge in [0.05, 0.1) is 36.1 Å². The summed E-state index contributed by atoms with van der Waals surface area (Å²) in [5.74, 6) is -1.23. The number of nitrogens with zero attached hydrogens (tertiary/aromatic N) is 3. The van der Waals surface area contributed by atoms with Crippen molar-refractivity contribution < 1.29 is 24.2 Å². The Morgan fingerprint density at radius 3 is 2.78 bits per heavy atom. The van der Waals surface area contributed by atoms with Crippen LogP contribution in [0.1, 0.15) is 41.4 Å². The van der Waals surface area contributed by atoms with Gasteiger partial charge in [0.2, 0.25) is 11.9 Å². The van der Waals surface area contributed by atoms with Gasteiger partial charge in [-0.3, -0.25) is 9.59 Å². The SMILES string of the molecule is C[C@@H](CO)Nc1ncc(Cl)c(-c2cc(F)c3c(c2)C(=O)N(CC(=O)N[C@H](C)c2cccc(O)c2)C3)n1. The van der Waals surface area contributed by atoms with Crippen molar-refractivity contribution in [1.29, 1.82) is 0 Å². The molecule has 4 N–H and O–H groups in total. The third-order valence-electron chi connectivity index (χ3n) is 5.81. The lowest BCUT2D eigenvalue weighted by atomic mass is 10.0. The molecule has 1 aliphatic heterocycles. The number of phenolic OH excluding ortho intramolecular Hbond substituents is 1. The van der Waals surface area contributed by atoms with Crippen LogP contribution in [0.2, 0.25) is 5.02 Å². The third-order valence-corrected chi connectivity index (χ3v) is 6.09. The topological polar surface area (TPSA) is 128 Å². The highest BCUT2D eigenvalue weighted by Gasteiger charge is 2.32. The fourth-order valence-electron chi connectivity index (χ4n) is 3.93. The van der Waals surface area contributed by atoms with E-state index in [0.29, 0.717) is 5.56 Å². The van der Waals surface area contributed by atoms with Gasteiger partial charge in [-0.15, -0.1) is 0 Å². The number of rotatable bonds is 8. The summed E-state index contributed by atoms with van der Waals surface area (Å²) in [5.41, 5.74) is 1.54. The molecule has 3 aromatic rings. The van der Waals surface area contributed by atoms with Crippen LogP contribution in [0.3, 0.4) is 0 Å². The number of hydrogen-bond acceptors (Lipinski definition) is 7. The Kier molecular flexibility index (Phi) is 7.37. The number of amides is 2. The molecular formula is C25H25ClFN5O4. The summed E-state index contributed by atoms with van der Waals surface area (Å²) in [7, 11) is 0. The van der Waals surface area contributed by atoms with Gasteiger partial charge in [-0.1, -0.05) is 23.7 Å². The normalized spacial score (nSPS) is 14.4. The molecule has 0 radical (unpaired) electrons. The minimum Gasteiger partial charge on any atom is -0.508 e. The number of anilines is 1. The van der Waals surface area contributed by atoms with Crippen molar-refractivity contribution in [3.63, 3.8) is 0 Å². The van der Waals surface area contributed by atoms with Gasteiger partial charge in [0.15, 0.2) is 0 Å². The van der Waals surface area contributed by atoms with E-state index in [1.807, 2.05) is 0 Å². The highest BCUT2D eigenvalue weighted by Crippen LogP contribution is 2.33. The van der Waals surface area contributed by atoms with Crippen LogP contribution in [0.4, 0.5) is 10.3 Å². The Hall–Kier alpha value is -3.76. The van der Waals surface area contributed by atoms with Gasteiger partial charge in [0, 0.05) is 22.7 Å². The van der Waals surface area contributed by atoms with E-state index in [1.54, 1.807) is 32.0 Å². The number of nitrogens with one attached hydrogen (secondary N) is 2. The highest BCUT2D eigenvalue weighted by molar-refractivity contribution is 6.33. The number of aliphatic hydroxyl groups excluding tert-OH is 1. The summed E-state index contributed by atoms with van der Waals surface area (Å²) in [6.45, 7) is 3.05. The number of aromatic nitrogens is 2. The number of aromatic hydroxyl groups is 1. The van der Waals surface area contributed by atoms with Crippen LogP contribution in [-0.2, 0) is 11.3 Å². The molecule has 2 amide bonds. The Morgan fingerprint density at radius 1 is 1.28 bits per heavy atom. The van der Waals surface area contributed by atoms with E-state index in [1.165, 1.54) is 29.3 Å². The molecule has 0 fully saturated rings. The maximum Gasteiger partial charge on any atom is 0.255 e. The molecule has 0 aliphatic carbocycles. The van der Waals surface area contributed by atoms with E-state index in [0.717, 1.165) is 0 Å². The second-order valence-electron chi connectivity index (χ2n) is 8.65. The standard InChI is InChI=1S/C25H25ClFN5O4/c1-13(12-33)29-25-28-9-20(26)23(31-25)16-7-18-19(21(27)8-16)10-32(24(18)36)11-22(35)30-14(2)15-4-3-5-17(34)6-15/h3-9,13-14,33-34H,10-12H2,1-2H3,(H,30,35)(H,28,29,31)/t13-,14+/m0/s1. The zero-order chi connectivity index (χ0) is 26.0. The van der Waals surface area contributed by atoms with Crippen LogP contribution in [0.15, 0.2) is 42.6 Å². The Labute approximate surface area is 212 Å². The molecule has 1 aromatic heterocycles. The van der Waals surface area contributed by atoms with E-state index in [9.17, 15) is 19.8 Å². The molecule has 0 unspecified atom stereocenters. The maximum absolute atomic E-state index is 15.0. The molecule has 4 rings (SSSR count). The van der Waals surface area contributed by atoms with Gasteiger partial charge in [0.1, 0.15) is 18.1 Å². The van der Waals surface area contributed by atoms with Gasteiger partial charge in [-0.25, -0.2) is 14.4 Å². The van der Waals surface area contributed by atoms with Crippen molar-refractivity contribution in [2.24, 2.45) is 0 Å². The van der Waals surface area contributed by atoms with Gasteiger partial charge in [-0.05, 0) is 43.7 Å². The van der Waals surface area contributed by atoms with Crippen molar-refractivity contribution in [3.8, 4) is 17.0 Å². The monoisotopic (exact) mass is 513 g/mol. The smallest absolute Gasteiger partial charge is 0.255 e. The molecule has 2 atom stereocenters. The first-order chi connectivity index (χ1) is 17.2. The highest BCUT2D eigenvalue weighted by atomic mass is 35.5. The number of benzene rings is 2. The first-order valence-electron chi connectivity index (χ1n) is 11.3. The maximum atomic E-state index is 15.0. The van der Waals surface area contributed by atoms with Crippen molar-refractivity contribution >= 4 is 29.4 Å². The molecule has 0 bridgehead atoms. The average molecular weight is 514 g/mol. The number of hydrogen-bond donors (Lipinski definition) is 4. The molecule has 1 aliphatic rings. The zero-order valence-corrected chi connectivity index (χ0v) is 20.4. The second-order valence-corrected chi connectivity index (χ2v) is 9.05. The molecular weight excluding hydrogens is 489 g/mol. The zero-order valence-electron chi connectivity index (χ0n) is 19.6. The lowest BCUT2D eigenvalue weighted by Crippen LogP contribution is -2.38. The van der Waals surface area contributed by atoms with Crippen LogP contribution < -0.4 is 10.6 Å². The average Bonchev–Trinajstić information content (AvgIpc) is 3.15. The van der Waals surface area contributed by atoms with Crippen molar-refractivity contribution in [2.45, 2.75) is 32.5 Å². The lowest BCUT2D eigenvalue weighted by Gasteiger charge is -2.19. The van der Waals surface area contributed by atoms with Crippen LogP contribution in [0.5, 0.6) is 5.75 Å². The Morgan fingerprint density at radius 2 is 2.06 bits per heavy atom. The molecule has 2 heterocycles. The molecule has 188 valence electrons. The molecule has 0 saturated heterocycles. The van der Waals surface area contributed by atoms with E-state index in [2.05, 4.69) is 20.6 Å². The largest absolute Gasteiger partial charge is 0.508 e. The number of fused-ring (bicyclic) bond motifs is 1. The van der Waals surface area contributed by atoms with Gasteiger partial charge >= 0.3 is 0 Å². The summed E-state index contributed by atoms with van der Waals surface area (Å²) in [6.07, 6.45) is 1.35. The van der Waals surface area contributed by atoms with E-state index in [4.69, 9.17) is 11.6 Å². The predicted molar refractivity (Wildman–Crippen MR) is 132 cm³/mol. The third kappa shape index (κ3) is 5.39. The van der Waals surface area contributed by atoms with Crippen molar-refractivity contribution in [3.05, 3.63) is 70.1 Å². The van der Waals surface area contributed by atoms with E-state index in [-0.39, 0.29) is 64.8 Å². The van der Waals surface area contributed by atoms with Crippen LogP contribution in [0.25, 0.3) is 11.3 Å². The summed E-state index contributed by atoms with van der Waals surface area (Å²) in [5, 5.41) is 24.7. The molecule has 11 heteroatoms. The quantitative estimate of drug-likeness (QED) is 0.364. The summed E-state index contributed by atoms with van der Waals surface area (Å²) in [4.78, 5) is 35.3. The lowest BCUT2D eigenvalue weighted by molar-refractivity contribution is -0.122. The van der Waals surface area contributed by atoms with Crippen molar-refractivity contribution in [1.82, 2.24) is 20.2 Å². The first kappa shape index (κ1) is 25.3. The molecule has 2 aromatic carbocycles. The Bertz CT molecular complexity index is 1320. The summed E-state index contributed by atoms with van der Waals surface area (Å²) >= 11 is 6.26. The van der Waals surface area contributed by atoms with E-state index < -0.39 is 23.7 Å². The molecule has 9 nitrogen and oxygen atoms in total. The van der Waals surface area contributed by atoms with Crippen LogP contribution >= 0.6 is 11.6 Å². The fraction of sp³-hybridized carbons (Fsp3) is 0.280. The van der Waals surface area contributed by atoms with Crippen LogP contribution in [-0.4, -0.2) is 56.1 Å².